The molecule has 2 nitrogen and oxygen atoms in total. The lowest BCUT2D eigenvalue weighted by Gasteiger charge is -2.14. The maximum atomic E-state index is 13.5. The molecule has 2 aromatic rings. The van der Waals surface area contributed by atoms with Gasteiger partial charge in [-0.15, -0.1) is 0 Å². The van der Waals surface area contributed by atoms with Crippen molar-refractivity contribution in [3.63, 3.8) is 0 Å². The van der Waals surface area contributed by atoms with Crippen LogP contribution in [0.2, 0.25) is 5.02 Å². The molecule has 0 aliphatic rings. The van der Waals surface area contributed by atoms with E-state index in [0.29, 0.717) is 21.9 Å². The molecule has 0 bridgehead atoms. The maximum Gasteiger partial charge on any atom is 0.129 e. The Morgan fingerprint density at radius 2 is 1.95 bits per heavy atom. The van der Waals surface area contributed by atoms with E-state index in [9.17, 15) is 13.9 Å². The molecule has 0 aromatic heterocycles. The SMILES string of the molecule is C[C@H](O)c1cc(F)ccc1OCc1cc(Cl)ccc1F. The van der Waals surface area contributed by atoms with Crippen LogP contribution in [-0.2, 0) is 6.61 Å². The second kappa shape index (κ2) is 6.20. The highest BCUT2D eigenvalue weighted by molar-refractivity contribution is 6.30. The molecular formula is C15H13ClF2O2. The zero-order chi connectivity index (χ0) is 14.7. The Morgan fingerprint density at radius 1 is 1.20 bits per heavy atom. The van der Waals surface area contributed by atoms with Crippen molar-refractivity contribution in [1.82, 2.24) is 0 Å². The monoisotopic (exact) mass is 298 g/mol. The average molecular weight is 299 g/mol. The van der Waals surface area contributed by atoms with E-state index in [0.717, 1.165) is 0 Å². The van der Waals surface area contributed by atoms with Gasteiger partial charge in [0.05, 0.1) is 6.10 Å². The van der Waals surface area contributed by atoms with Crippen LogP contribution in [0.3, 0.4) is 0 Å². The molecule has 0 aliphatic carbocycles. The molecular weight excluding hydrogens is 286 g/mol. The number of halogens is 3. The summed E-state index contributed by atoms with van der Waals surface area (Å²) >= 11 is 5.79. The van der Waals surface area contributed by atoms with E-state index in [1.807, 2.05) is 0 Å². The van der Waals surface area contributed by atoms with Gasteiger partial charge in [-0.25, -0.2) is 8.78 Å². The van der Waals surface area contributed by atoms with Gasteiger partial charge in [-0.2, -0.15) is 0 Å². The van der Waals surface area contributed by atoms with Crippen molar-refractivity contribution >= 4 is 11.6 Å². The van der Waals surface area contributed by atoms with Crippen LogP contribution in [-0.4, -0.2) is 5.11 Å². The topological polar surface area (TPSA) is 29.5 Å². The molecule has 0 saturated heterocycles. The van der Waals surface area contributed by atoms with Crippen LogP contribution in [0.1, 0.15) is 24.2 Å². The van der Waals surface area contributed by atoms with Crippen molar-refractivity contribution in [2.24, 2.45) is 0 Å². The first-order valence-corrected chi connectivity index (χ1v) is 6.39. The average Bonchev–Trinajstić information content (AvgIpc) is 2.40. The maximum absolute atomic E-state index is 13.5. The summed E-state index contributed by atoms with van der Waals surface area (Å²) < 4.78 is 32.1. The van der Waals surface area contributed by atoms with Gasteiger partial charge in [0, 0.05) is 16.1 Å². The number of aliphatic hydroxyl groups is 1. The minimum Gasteiger partial charge on any atom is -0.488 e. The van der Waals surface area contributed by atoms with E-state index >= 15 is 0 Å². The molecule has 1 N–H and O–H groups in total. The van der Waals surface area contributed by atoms with Gasteiger partial charge < -0.3 is 9.84 Å². The summed E-state index contributed by atoms with van der Waals surface area (Å²) in [6.45, 7) is 1.44. The molecule has 0 radical (unpaired) electrons. The first kappa shape index (κ1) is 14.8. The number of aliphatic hydroxyl groups excluding tert-OH is 1. The summed E-state index contributed by atoms with van der Waals surface area (Å²) in [6, 6.07) is 7.97. The van der Waals surface area contributed by atoms with E-state index in [2.05, 4.69) is 0 Å². The van der Waals surface area contributed by atoms with Crippen molar-refractivity contribution in [2.75, 3.05) is 0 Å². The molecule has 2 rings (SSSR count). The highest BCUT2D eigenvalue weighted by Crippen LogP contribution is 2.27. The fourth-order valence-corrected chi connectivity index (χ4v) is 1.98. The van der Waals surface area contributed by atoms with Crippen LogP contribution in [0, 0.1) is 11.6 Å². The Hall–Kier alpha value is -1.65. The van der Waals surface area contributed by atoms with Crippen molar-refractivity contribution in [2.45, 2.75) is 19.6 Å². The molecule has 0 spiro atoms. The Kier molecular flexibility index (Phi) is 4.57. The molecule has 0 fully saturated rings. The van der Waals surface area contributed by atoms with Crippen LogP contribution >= 0.6 is 11.6 Å². The molecule has 106 valence electrons. The molecule has 2 aromatic carbocycles. The van der Waals surface area contributed by atoms with Crippen molar-refractivity contribution < 1.29 is 18.6 Å². The molecule has 0 heterocycles. The fourth-order valence-electron chi connectivity index (χ4n) is 1.79. The Bertz CT molecular complexity index is 615. The first-order valence-electron chi connectivity index (χ1n) is 6.01. The number of rotatable bonds is 4. The van der Waals surface area contributed by atoms with E-state index in [4.69, 9.17) is 16.3 Å². The van der Waals surface area contributed by atoms with E-state index in [1.165, 1.54) is 43.3 Å². The van der Waals surface area contributed by atoms with Gasteiger partial charge in [0.2, 0.25) is 0 Å². The minimum atomic E-state index is -0.884. The van der Waals surface area contributed by atoms with Gasteiger partial charge in [-0.05, 0) is 43.3 Å². The van der Waals surface area contributed by atoms with Crippen molar-refractivity contribution in [3.05, 3.63) is 64.2 Å². The largest absolute Gasteiger partial charge is 0.488 e. The van der Waals surface area contributed by atoms with Crippen LogP contribution < -0.4 is 4.74 Å². The van der Waals surface area contributed by atoms with Crippen LogP contribution in [0.15, 0.2) is 36.4 Å². The van der Waals surface area contributed by atoms with Crippen molar-refractivity contribution in [1.29, 1.82) is 0 Å². The Morgan fingerprint density at radius 3 is 2.65 bits per heavy atom. The number of hydrogen-bond acceptors (Lipinski definition) is 2. The van der Waals surface area contributed by atoms with Crippen LogP contribution in [0.25, 0.3) is 0 Å². The van der Waals surface area contributed by atoms with Crippen LogP contribution in [0.5, 0.6) is 5.75 Å². The van der Waals surface area contributed by atoms with Crippen LogP contribution in [0.4, 0.5) is 8.78 Å². The standard InChI is InChI=1S/C15H13ClF2O2/c1-9(19)13-7-12(17)3-5-15(13)20-8-10-6-11(16)2-4-14(10)18/h2-7,9,19H,8H2,1H3/t9-/m0/s1. The second-order valence-electron chi connectivity index (χ2n) is 4.38. The summed E-state index contributed by atoms with van der Waals surface area (Å²) in [6.07, 6.45) is -0.884. The summed E-state index contributed by atoms with van der Waals surface area (Å²) in [5.74, 6) is -0.599. The Labute approximate surface area is 120 Å². The fraction of sp³-hybridized carbons (Fsp3) is 0.200. The molecule has 1 atom stereocenters. The van der Waals surface area contributed by atoms with Gasteiger partial charge in [0.1, 0.15) is 24.0 Å². The Balaban J connectivity index is 2.20. The van der Waals surface area contributed by atoms with Crippen molar-refractivity contribution in [3.8, 4) is 5.75 Å². The third-order valence-electron chi connectivity index (χ3n) is 2.81. The molecule has 0 saturated carbocycles. The normalized spacial score (nSPS) is 12.2. The molecule has 0 aliphatic heterocycles. The van der Waals surface area contributed by atoms with E-state index in [-0.39, 0.29) is 6.61 Å². The van der Waals surface area contributed by atoms with Gasteiger partial charge in [-0.1, -0.05) is 11.6 Å². The highest BCUT2D eigenvalue weighted by Gasteiger charge is 2.12. The number of benzene rings is 2. The quantitative estimate of drug-likeness (QED) is 0.914. The first-order chi connectivity index (χ1) is 9.47. The summed E-state index contributed by atoms with van der Waals surface area (Å²) in [7, 11) is 0. The summed E-state index contributed by atoms with van der Waals surface area (Å²) in [5, 5.41) is 9.99. The lowest BCUT2D eigenvalue weighted by atomic mass is 10.1. The third-order valence-corrected chi connectivity index (χ3v) is 3.05. The number of hydrogen-bond donors (Lipinski definition) is 1. The predicted octanol–water partition coefficient (Wildman–Crippen LogP) is 4.25. The second-order valence-corrected chi connectivity index (χ2v) is 4.82. The van der Waals surface area contributed by atoms with E-state index in [1.54, 1.807) is 0 Å². The summed E-state index contributed by atoms with van der Waals surface area (Å²) in [4.78, 5) is 0. The predicted molar refractivity (Wildman–Crippen MR) is 72.8 cm³/mol. The minimum absolute atomic E-state index is 0.0578. The lowest BCUT2D eigenvalue weighted by Crippen LogP contribution is -2.03. The lowest BCUT2D eigenvalue weighted by molar-refractivity contribution is 0.189. The molecule has 20 heavy (non-hydrogen) atoms. The third kappa shape index (κ3) is 3.46. The van der Waals surface area contributed by atoms with Gasteiger partial charge in [0.15, 0.2) is 0 Å². The zero-order valence-electron chi connectivity index (χ0n) is 10.7. The molecule has 0 amide bonds. The highest BCUT2D eigenvalue weighted by atomic mass is 35.5. The number of ether oxygens (including phenoxy) is 1. The van der Waals surface area contributed by atoms with Gasteiger partial charge in [0.25, 0.3) is 0 Å². The summed E-state index contributed by atoms with van der Waals surface area (Å²) in [5.41, 5.74) is 0.603. The zero-order valence-corrected chi connectivity index (χ0v) is 11.5. The molecule has 0 unspecified atom stereocenters. The van der Waals surface area contributed by atoms with E-state index < -0.39 is 17.7 Å². The van der Waals surface area contributed by atoms with Gasteiger partial charge >= 0.3 is 0 Å². The molecule has 5 heteroatoms. The van der Waals surface area contributed by atoms with Gasteiger partial charge in [-0.3, -0.25) is 0 Å². The smallest absolute Gasteiger partial charge is 0.129 e.